The van der Waals surface area contributed by atoms with Gasteiger partial charge < -0.3 is 15.6 Å². The van der Waals surface area contributed by atoms with Gasteiger partial charge in [0.2, 0.25) is 11.7 Å². The van der Waals surface area contributed by atoms with Crippen molar-refractivity contribution >= 4 is 5.91 Å². The topological polar surface area (TPSA) is 75.8 Å². The van der Waals surface area contributed by atoms with Gasteiger partial charge in [0.1, 0.15) is 6.10 Å². The van der Waals surface area contributed by atoms with Gasteiger partial charge in [-0.15, -0.1) is 0 Å². The van der Waals surface area contributed by atoms with E-state index in [2.05, 4.69) is 18.7 Å². The molecule has 0 spiro atoms. The van der Waals surface area contributed by atoms with Crippen LogP contribution in [0, 0.1) is 5.82 Å². The van der Waals surface area contributed by atoms with Crippen molar-refractivity contribution in [2.75, 3.05) is 13.1 Å². The summed E-state index contributed by atoms with van der Waals surface area (Å²) in [4.78, 5) is 15.4. The van der Waals surface area contributed by atoms with E-state index in [-0.39, 0.29) is 23.3 Å². The standard InChI is InChI=1S/C29H33FN2O3/c1-28(2,32-19-16-23(20-32)35-25-15-9-14-24(33)26(25)30)17-18-29(27(31)34,21-10-5-3-6-11-21)22-12-7-4-8-13-22/h3-15,23,33H,16-20H2,1-2H3,(H2,31,34). The number of aromatic hydroxyl groups is 1. The molecule has 0 aliphatic carbocycles. The van der Waals surface area contributed by atoms with Crippen LogP contribution in [0.4, 0.5) is 4.39 Å². The maximum absolute atomic E-state index is 14.2. The molecule has 1 unspecified atom stereocenters. The molecule has 1 atom stereocenters. The molecular formula is C29H33FN2O3. The van der Waals surface area contributed by atoms with Gasteiger partial charge in [0.15, 0.2) is 11.5 Å². The first-order valence-electron chi connectivity index (χ1n) is 12.0. The number of carbonyl (C=O) groups excluding carboxylic acids is 1. The molecule has 35 heavy (non-hydrogen) atoms. The van der Waals surface area contributed by atoms with E-state index in [1.165, 1.54) is 12.1 Å². The van der Waals surface area contributed by atoms with E-state index < -0.39 is 17.0 Å². The largest absolute Gasteiger partial charge is 0.505 e. The van der Waals surface area contributed by atoms with Crippen molar-refractivity contribution in [3.8, 4) is 11.5 Å². The number of hydrogen-bond donors (Lipinski definition) is 2. The van der Waals surface area contributed by atoms with Crippen molar-refractivity contribution in [1.29, 1.82) is 0 Å². The molecule has 1 amide bonds. The Morgan fingerprint density at radius 1 is 1.00 bits per heavy atom. The molecule has 0 bridgehead atoms. The van der Waals surface area contributed by atoms with Crippen molar-refractivity contribution in [2.24, 2.45) is 5.73 Å². The van der Waals surface area contributed by atoms with Gasteiger partial charge in [0, 0.05) is 18.6 Å². The maximum Gasteiger partial charge on any atom is 0.232 e. The highest BCUT2D eigenvalue weighted by Gasteiger charge is 2.43. The third-order valence-corrected chi connectivity index (χ3v) is 7.30. The van der Waals surface area contributed by atoms with Crippen LogP contribution in [-0.2, 0) is 10.2 Å². The Kier molecular flexibility index (Phi) is 7.13. The molecule has 1 saturated heterocycles. The van der Waals surface area contributed by atoms with Gasteiger partial charge >= 0.3 is 0 Å². The van der Waals surface area contributed by atoms with Crippen molar-refractivity contribution < 1.29 is 19.0 Å². The Hall–Kier alpha value is -3.38. The van der Waals surface area contributed by atoms with Gasteiger partial charge in [-0.2, -0.15) is 4.39 Å². The fraction of sp³-hybridized carbons (Fsp3) is 0.345. The highest BCUT2D eigenvalue weighted by molar-refractivity contribution is 5.90. The van der Waals surface area contributed by atoms with E-state index in [0.29, 0.717) is 19.4 Å². The van der Waals surface area contributed by atoms with Gasteiger partial charge in [-0.25, -0.2) is 0 Å². The van der Waals surface area contributed by atoms with E-state index in [1.807, 2.05) is 60.7 Å². The Labute approximate surface area is 206 Å². The first kappa shape index (κ1) is 24.7. The predicted octanol–water partition coefficient (Wildman–Crippen LogP) is 5.01. The number of nitrogens with two attached hydrogens (primary N) is 1. The second-order valence-electron chi connectivity index (χ2n) is 9.88. The van der Waals surface area contributed by atoms with Crippen LogP contribution in [0.25, 0.3) is 0 Å². The summed E-state index contributed by atoms with van der Waals surface area (Å²) in [5.74, 6) is -1.45. The predicted molar refractivity (Wildman–Crippen MR) is 135 cm³/mol. The zero-order chi connectivity index (χ0) is 25.1. The third-order valence-electron chi connectivity index (χ3n) is 7.30. The molecular weight excluding hydrogens is 443 g/mol. The molecule has 1 heterocycles. The average molecular weight is 477 g/mol. The summed E-state index contributed by atoms with van der Waals surface area (Å²) < 4.78 is 20.1. The Balaban J connectivity index is 1.53. The lowest BCUT2D eigenvalue weighted by Gasteiger charge is -2.40. The highest BCUT2D eigenvalue weighted by atomic mass is 19.1. The van der Waals surface area contributed by atoms with Crippen LogP contribution in [0.15, 0.2) is 78.9 Å². The smallest absolute Gasteiger partial charge is 0.232 e. The summed E-state index contributed by atoms with van der Waals surface area (Å²) in [6.07, 6.45) is 1.82. The SMILES string of the molecule is CC(C)(CCC(C(N)=O)(c1ccccc1)c1ccccc1)N1CCC(Oc2cccc(O)c2F)C1. The van der Waals surface area contributed by atoms with Crippen LogP contribution >= 0.6 is 0 Å². The van der Waals surface area contributed by atoms with Crippen LogP contribution in [0.5, 0.6) is 11.5 Å². The summed E-state index contributed by atoms with van der Waals surface area (Å²) in [5, 5.41) is 9.63. The first-order chi connectivity index (χ1) is 16.7. The van der Waals surface area contributed by atoms with Crippen LogP contribution in [0.1, 0.15) is 44.2 Å². The van der Waals surface area contributed by atoms with E-state index in [0.717, 1.165) is 24.1 Å². The van der Waals surface area contributed by atoms with Crippen molar-refractivity contribution in [1.82, 2.24) is 4.90 Å². The van der Waals surface area contributed by atoms with Crippen LogP contribution in [0.3, 0.4) is 0 Å². The summed E-state index contributed by atoms with van der Waals surface area (Å²) in [7, 11) is 0. The molecule has 1 fully saturated rings. The van der Waals surface area contributed by atoms with Gasteiger partial charge in [0.05, 0.1) is 5.41 Å². The zero-order valence-corrected chi connectivity index (χ0v) is 20.3. The minimum Gasteiger partial charge on any atom is -0.505 e. The van der Waals surface area contributed by atoms with Crippen LogP contribution < -0.4 is 10.5 Å². The lowest BCUT2D eigenvalue weighted by molar-refractivity contribution is -0.122. The minimum atomic E-state index is -0.944. The molecule has 5 nitrogen and oxygen atoms in total. The molecule has 184 valence electrons. The molecule has 6 heteroatoms. The highest BCUT2D eigenvalue weighted by Crippen LogP contribution is 2.40. The van der Waals surface area contributed by atoms with Gasteiger partial charge in [-0.1, -0.05) is 66.7 Å². The van der Waals surface area contributed by atoms with Crippen LogP contribution in [-0.4, -0.2) is 40.6 Å². The monoisotopic (exact) mass is 476 g/mol. The summed E-state index contributed by atoms with van der Waals surface area (Å²) in [5.41, 5.74) is 6.70. The summed E-state index contributed by atoms with van der Waals surface area (Å²) in [6.45, 7) is 5.73. The normalized spacial score (nSPS) is 16.8. The number of rotatable bonds is 9. The number of hydrogen-bond acceptors (Lipinski definition) is 4. The summed E-state index contributed by atoms with van der Waals surface area (Å²) >= 11 is 0. The molecule has 3 aromatic rings. The molecule has 0 aromatic heterocycles. The molecule has 1 aliphatic rings. The number of phenolic OH excluding ortho intramolecular Hbond substituents is 1. The van der Waals surface area contributed by atoms with E-state index in [4.69, 9.17) is 10.5 Å². The first-order valence-corrected chi connectivity index (χ1v) is 12.0. The van der Waals surface area contributed by atoms with Crippen molar-refractivity contribution in [3.05, 3.63) is 95.8 Å². The molecule has 4 rings (SSSR count). The number of amides is 1. The Morgan fingerprint density at radius 3 is 2.17 bits per heavy atom. The maximum atomic E-state index is 14.2. The number of benzene rings is 3. The van der Waals surface area contributed by atoms with Gasteiger partial charge in [-0.3, -0.25) is 9.69 Å². The lowest BCUT2D eigenvalue weighted by Crippen LogP contribution is -2.47. The number of primary amides is 1. The molecule has 0 saturated carbocycles. The number of phenols is 1. The quantitative estimate of drug-likeness (QED) is 0.455. The number of halogens is 1. The summed E-state index contributed by atoms with van der Waals surface area (Å²) in [6, 6.07) is 23.9. The van der Waals surface area contributed by atoms with E-state index >= 15 is 0 Å². The van der Waals surface area contributed by atoms with Gasteiger partial charge in [-0.05, 0) is 56.4 Å². The van der Waals surface area contributed by atoms with Gasteiger partial charge in [0.25, 0.3) is 0 Å². The minimum absolute atomic E-state index is 0.0653. The molecule has 0 radical (unpaired) electrons. The molecule has 3 aromatic carbocycles. The number of carbonyl (C=O) groups is 1. The zero-order valence-electron chi connectivity index (χ0n) is 20.3. The van der Waals surface area contributed by atoms with Crippen LogP contribution in [0.2, 0.25) is 0 Å². The van der Waals surface area contributed by atoms with Crippen molar-refractivity contribution in [3.63, 3.8) is 0 Å². The average Bonchev–Trinajstić information content (AvgIpc) is 3.33. The van der Waals surface area contributed by atoms with E-state index in [1.54, 1.807) is 6.07 Å². The lowest BCUT2D eigenvalue weighted by atomic mass is 9.69. The number of nitrogens with zero attached hydrogens (tertiary/aromatic N) is 1. The molecule has 1 aliphatic heterocycles. The fourth-order valence-corrected chi connectivity index (χ4v) is 5.10. The third kappa shape index (κ3) is 5.03. The molecule has 3 N–H and O–H groups in total. The van der Waals surface area contributed by atoms with E-state index in [9.17, 15) is 14.3 Å². The Bertz CT molecular complexity index is 1110. The number of ether oxygens (including phenoxy) is 1. The Morgan fingerprint density at radius 2 is 1.60 bits per heavy atom. The second-order valence-corrected chi connectivity index (χ2v) is 9.88. The van der Waals surface area contributed by atoms with Crippen molar-refractivity contribution in [2.45, 2.75) is 50.2 Å². The number of likely N-dealkylation sites (tertiary alicyclic amines) is 1. The fourth-order valence-electron chi connectivity index (χ4n) is 5.10. The second kappa shape index (κ2) is 10.1.